The van der Waals surface area contributed by atoms with E-state index in [1.807, 2.05) is 24.3 Å². The first kappa shape index (κ1) is 14.7. The molecule has 4 heteroatoms. The van der Waals surface area contributed by atoms with Crippen molar-refractivity contribution in [3.63, 3.8) is 0 Å². The first-order chi connectivity index (χ1) is 10.2. The van der Waals surface area contributed by atoms with Crippen molar-refractivity contribution >= 4 is 11.3 Å². The minimum absolute atomic E-state index is 0.234. The van der Waals surface area contributed by atoms with Gasteiger partial charge in [0.25, 0.3) is 0 Å². The summed E-state index contributed by atoms with van der Waals surface area (Å²) in [5.41, 5.74) is 2.47. The fourth-order valence-electron chi connectivity index (χ4n) is 2.79. The summed E-state index contributed by atoms with van der Waals surface area (Å²) in [4.78, 5) is 6.24. The number of hydrogen-bond donors (Lipinski definition) is 2. The van der Waals surface area contributed by atoms with Gasteiger partial charge in [-0.1, -0.05) is 30.3 Å². The second-order valence-electron chi connectivity index (χ2n) is 5.73. The van der Waals surface area contributed by atoms with Gasteiger partial charge in [0, 0.05) is 16.5 Å². The van der Waals surface area contributed by atoms with Gasteiger partial charge >= 0.3 is 0 Å². The third-order valence-electron chi connectivity index (χ3n) is 3.92. The maximum Gasteiger partial charge on any atom is 0.123 e. The van der Waals surface area contributed by atoms with Crippen LogP contribution < -0.4 is 5.32 Å². The number of rotatable bonds is 5. The summed E-state index contributed by atoms with van der Waals surface area (Å²) < 4.78 is 0. The fourth-order valence-corrected chi connectivity index (χ4v) is 4.01. The molecule has 3 nitrogen and oxygen atoms in total. The number of fused-ring (bicyclic) bond motifs is 1. The van der Waals surface area contributed by atoms with Crippen molar-refractivity contribution in [3.05, 3.63) is 40.9 Å². The maximum absolute atomic E-state index is 9.38. The van der Waals surface area contributed by atoms with Crippen LogP contribution in [0.15, 0.2) is 30.3 Å². The van der Waals surface area contributed by atoms with Crippen LogP contribution in [0.3, 0.4) is 0 Å². The highest BCUT2D eigenvalue weighted by Crippen LogP contribution is 2.37. The van der Waals surface area contributed by atoms with Gasteiger partial charge in [0.2, 0.25) is 0 Å². The largest absolute Gasteiger partial charge is 0.393 e. The van der Waals surface area contributed by atoms with Crippen molar-refractivity contribution in [1.82, 2.24) is 10.3 Å². The van der Waals surface area contributed by atoms with E-state index in [2.05, 4.69) is 29.6 Å². The molecule has 0 amide bonds. The molecule has 2 N–H and O–H groups in total. The quantitative estimate of drug-likeness (QED) is 0.888. The van der Waals surface area contributed by atoms with Crippen LogP contribution >= 0.6 is 11.3 Å². The van der Waals surface area contributed by atoms with Gasteiger partial charge in [-0.2, -0.15) is 0 Å². The Hall–Kier alpha value is -1.23. The summed E-state index contributed by atoms with van der Waals surface area (Å²) in [6.45, 7) is 2.70. The molecule has 2 atom stereocenters. The first-order valence-corrected chi connectivity index (χ1v) is 8.52. The van der Waals surface area contributed by atoms with Gasteiger partial charge in [0.1, 0.15) is 5.01 Å². The number of hydrogen-bond acceptors (Lipinski definition) is 4. The van der Waals surface area contributed by atoms with Gasteiger partial charge in [-0.3, -0.25) is 0 Å². The number of nitrogens with zero attached hydrogens (tertiary/aromatic N) is 1. The molecule has 112 valence electrons. The molecule has 0 saturated carbocycles. The maximum atomic E-state index is 9.38. The van der Waals surface area contributed by atoms with Crippen LogP contribution in [0.25, 0.3) is 10.6 Å². The molecular formula is C17H22N2OS. The minimum Gasteiger partial charge on any atom is -0.393 e. The highest BCUT2D eigenvalue weighted by atomic mass is 32.1. The lowest BCUT2D eigenvalue weighted by Gasteiger charge is -2.22. The molecule has 0 aliphatic heterocycles. The number of nitrogens with one attached hydrogen (secondary N) is 1. The van der Waals surface area contributed by atoms with E-state index < -0.39 is 0 Å². The topological polar surface area (TPSA) is 45.1 Å². The van der Waals surface area contributed by atoms with Gasteiger partial charge < -0.3 is 10.4 Å². The molecule has 21 heavy (non-hydrogen) atoms. The summed E-state index contributed by atoms with van der Waals surface area (Å²) in [7, 11) is 0. The van der Waals surface area contributed by atoms with E-state index in [4.69, 9.17) is 4.98 Å². The van der Waals surface area contributed by atoms with Crippen molar-refractivity contribution < 1.29 is 5.11 Å². The van der Waals surface area contributed by atoms with Crippen molar-refractivity contribution in [2.45, 2.75) is 44.8 Å². The zero-order valence-corrected chi connectivity index (χ0v) is 13.2. The van der Waals surface area contributed by atoms with Crippen LogP contribution in [-0.2, 0) is 6.42 Å². The Morgan fingerprint density at radius 2 is 2.19 bits per heavy atom. The molecule has 1 heterocycles. The summed E-state index contributed by atoms with van der Waals surface area (Å²) in [5, 5.41) is 14.1. The van der Waals surface area contributed by atoms with Crippen LogP contribution in [0.1, 0.15) is 42.8 Å². The smallest absolute Gasteiger partial charge is 0.123 e. The van der Waals surface area contributed by atoms with Crippen LogP contribution in [0.5, 0.6) is 0 Å². The number of benzene rings is 1. The second-order valence-corrected chi connectivity index (χ2v) is 6.76. The predicted octanol–water partition coefficient (Wildman–Crippen LogP) is 3.55. The monoisotopic (exact) mass is 302 g/mol. The normalized spacial score (nSPS) is 19.2. The lowest BCUT2D eigenvalue weighted by molar-refractivity contribution is 0.182. The van der Waals surface area contributed by atoms with E-state index in [-0.39, 0.29) is 6.10 Å². The van der Waals surface area contributed by atoms with Crippen molar-refractivity contribution in [2.24, 2.45) is 0 Å². The molecule has 1 aromatic heterocycles. The highest BCUT2D eigenvalue weighted by molar-refractivity contribution is 7.15. The molecule has 0 fully saturated rings. The first-order valence-electron chi connectivity index (χ1n) is 7.70. The number of aliphatic hydroxyl groups excluding tert-OH is 1. The zero-order chi connectivity index (χ0) is 14.7. The highest BCUT2D eigenvalue weighted by Gasteiger charge is 2.24. The summed E-state index contributed by atoms with van der Waals surface area (Å²) in [6.07, 6.45) is 4.02. The molecule has 1 aliphatic rings. The number of thiazole rings is 1. The molecule has 2 unspecified atom stereocenters. The molecule has 1 aromatic carbocycles. The lowest BCUT2D eigenvalue weighted by atomic mass is 9.98. The molecular weight excluding hydrogens is 280 g/mol. The lowest BCUT2D eigenvalue weighted by Crippen LogP contribution is -2.26. The Bertz CT molecular complexity index is 580. The van der Waals surface area contributed by atoms with Crippen molar-refractivity contribution in [2.75, 3.05) is 6.54 Å². The summed E-state index contributed by atoms with van der Waals surface area (Å²) in [6, 6.07) is 10.8. The standard InChI is InChI=1S/C17H22N2OS/c1-12(20)10-11-18-14-8-5-9-15-16(14)21-17(19-15)13-6-3-2-4-7-13/h2-4,6-7,12,14,18,20H,5,8-11H2,1H3. The van der Waals surface area contributed by atoms with E-state index in [0.717, 1.165) is 24.4 Å². The van der Waals surface area contributed by atoms with Crippen LogP contribution in [0.2, 0.25) is 0 Å². The molecule has 0 radical (unpaired) electrons. The van der Waals surface area contributed by atoms with Crippen LogP contribution in [0, 0.1) is 0 Å². The zero-order valence-electron chi connectivity index (χ0n) is 12.4. The fraction of sp³-hybridized carbons (Fsp3) is 0.471. The Kier molecular flexibility index (Phi) is 4.68. The third kappa shape index (κ3) is 3.51. The summed E-state index contributed by atoms with van der Waals surface area (Å²) >= 11 is 1.82. The van der Waals surface area contributed by atoms with Crippen LogP contribution in [-0.4, -0.2) is 22.7 Å². The van der Waals surface area contributed by atoms with Gasteiger partial charge in [-0.05, 0) is 39.2 Å². The van der Waals surface area contributed by atoms with Crippen LogP contribution in [0.4, 0.5) is 0 Å². The third-order valence-corrected chi connectivity index (χ3v) is 5.18. The van der Waals surface area contributed by atoms with Gasteiger partial charge in [-0.25, -0.2) is 4.98 Å². The average molecular weight is 302 g/mol. The Morgan fingerprint density at radius 3 is 2.95 bits per heavy atom. The van der Waals surface area contributed by atoms with Crippen molar-refractivity contribution in [1.29, 1.82) is 0 Å². The second kappa shape index (κ2) is 6.69. The van der Waals surface area contributed by atoms with E-state index in [1.54, 1.807) is 0 Å². The number of aliphatic hydroxyl groups is 1. The number of aromatic nitrogens is 1. The summed E-state index contributed by atoms with van der Waals surface area (Å²) in [5.74, 6) is 0. The molecule has 0 bridgehead atoms. The molecule has 1 aliphatic carbocycles. The molecule has 2 aromatic rings. The van der Waals surface area contributed by atoms with Gasteiger partial charge in [-0.15, -0.1) is 11.3 Å². The van der Waals surface area contributed by atoms with E-state index in [9.17, 15) is 5.11 Å². The van der Waals surface area contributed by atoms with E-state index in [1.165, 1.54) is 29.0 Å². The van der Waals surface area contributed by atoms with E-state index >= 15 is 0 Å². The average Bonchev–Trinajstić information content (AvgIpc) is 2.93. The Balaban J connectivity index is 1.77. The van der Waals surface area contributed by atoms with Gasteiger partial charge in [0.05, 0.1) is 11.8 Å². The van der Waals surface area contributed by atoms with Crippen molar-refractivity contribution in [3.8, 4) is 10.6 Å². The Labute approximate surface area is 130 Å². The molecule has 0 spiro atoms. The number of aryl methyl sites for hydroxylation is 1. The van der Waals surface area contributed by atoms with E-state index in [0.29, 0.717) is 6.04 Å². The Morgan fingerprint density at radius 1 is 1.38 bits per heavy atom. The minimum atomic E-state index is -0.234. The molecule has 3 rings (SSSR count). The molecule has 0 saturated heterocycles. The predicted molar refractivity (Wildman–Crippen MR) is 87.5 cm³/mol. The SMILES string of the molecule is CC(O)CCNC1CCCc2nc(-c3ccccc3)sc21. The van der Waals surface area contributed by atoms with Gasteiger partial charge in [0.15, 0.2) is 0 Å².